The zero-order valence-electron chi connectivity index (χ0n) is 38.3. The van der Waals surface area contributed by atoms with E-state index >= 15 is 0 Å². The molecule has 0 saturated heterocycles. The molecule has 2 aliphatic carbocycles. The average Bonchev–Trinajstić information content (AvgIpc) is 4.07. The van der Waals surface area contributed by atoms with Crippen LogP contribution in [-0.2, 0) is 10.8 Å². The van der Waals surface area contributed by atoms with Crippen molar-refractivity contribution in [1.29, 1.82) is 0 Å². The van der Waals surface area contributed by atoms with E-state index in [2.05, 4.69) is 266 Å². The van der Waals surface area contributed by atoms with Crippen LogP contribution in [0.4, 0.5) is 17.1 Å². The molecule has 12 aromatic rings. The summed E-state index contributed by atoms with van der Waals surface area (Å²) >= 11 is 0. The van der Waals surface area contributed by atoms with Crippen molar-refractivity contribution < 1.29 is 4.42 Å². The molecule has 1 heterocycles. The first kappa shape index (κ1) is 40.1. The Balaban J connectivity index is 1.01. The quantitative estimate of drug-likeness (QED) is 0.151. The molecule has 0 spiro atoms. The highest BCUT2D eigenvalue weighted by Crippen LogP contribution is 2.59. The van der Waals surface area contributed by atoms with Crippen molar-refractivity contribution in [2.24, 2.45) is 0 Å². The molecule has 0 N–H and O–H groups in total. The van der Waals surface area contributed by atoms with Gasteiger partial charge in [-0.15, -0.1) is 0 Å². The zero-order valence-corrected chi connectivity index (χ0v) is 38.3. The molecule has 0 unspecified atom stereocenters. The van der Waals surface area contributed by atoms with Gasteiger partial charge >= 0.3 is 0 Å². The average molecular weight is 892 g/mol. The van der Waals surface area contributed by atoms with Crippen molar-refractivity contribution in [3.8, 4) is 33.4 Å². The topological polar surface area (TPSA) is 16.4 Å². The van der Waals surface area contributed by atoms with Crippen molar-refractivity contribution in [2.75, 3.05) is 4.90 Å². The van der Waals surface area contributed by atoms with E-state index in [0.29, 0.717) is 0 Å². The fourth-order valence-corrected chi connectivity index (χ4v) is 12.3. The summed E-state index contributed by atoms with van der Waals surface area (Å²) in [6, 6.07) is 101. The lowest BCUT2D eigenvalue weighted by molar-refractivity contribution is 0.669. The smallest absolute Gasteiger partial charge is 0.135 e. The van der Waals surface area contributed by atoms with Gasteiger partial charge in [-0.05, 0) is 132 Å². The Morgan fingerprint density at radius 1 is 0.257 bits per heavy atom. The second-order valence-electron chi connectivity index (χ2n) is 18.7. The van der Waals surface area contributed by atoms with E-state index in [-0.39, 0.29) is 0 Å². The number of benzene rings is 11. The first-order chi connectivity index (χ1) is 34.7. The largest absolute Gasteiger partial charge is 0.456 e. The van der Waals surface area contributed by atoms with Crippen molar-refractivity contribution >= 4 is 39.0 Å². The highest BCUT2D eigenvalue weighted by atomic mass is 16.3. The molecule has 328 valence electrons. The highest BCUT2D eigenvalue weighted by molar-refractivity contribution is 6.06. The summed E-state index contributed by atoms with van der Waals surface area (Å²) in [4.78, 5) is 2.48. The van der Waals surface area contributed by atoms with Crippen LogP contribution in [0.15, 0.2) is 277 Å². The minimum Gasteiger partial charge on any atom is -0.456 e. The molecule has 14 rings (SSSR count). The van der Waals surface area contributed by atoms with Gasteiger partial charge in [0.1, 0.15) is 11.2 Å². The van der Waals surface area contributed by atoms with Gasteiger partial charge in [-0.1, -0.05) is 218 Å². The molecule has 11 aromatic carbocycles. The zero-order chi connectivity index (χ0) is 46.2. The SMILES string of the molecule is c1ccc(C2(c3ccccc3)c3ccccc3-c3ccc(N(c4ccc(-c5ccc6oc7ccccc7c6c5)cc4)c4ccc5c(c4)C(c4ccccc4)(c4ccccc4)c4ccccc4-5)cc32)cc1. The molecule has 2 aliphatic rings. The summed E-state index contributed by atoms with van der Waals surface area (Å²) in [6.45, 7) is 0. The Bertz CT molecular complexity index is 3670. The van der Waals surface area contributed by atoms with E-state index in [1.54, 1.807) is 0 Å². The molecule has 0 aliphatic heterocycles. The fourth-order valence-electron chi connectivity index (χ4n) is 12.3. The summed E-state index contributed by atoms with van der Waals surface area (Å²) < 4.78 is 6.23. The van der Waals surface area contributed by atoms with Crippen LogP contribution >= 0.6 is 0 Å². The second-order valence-corrected chi connectivity index (χ2v) is 18.7. The Labute approximate surface area is 408 Å². The molecule has 0 saturated carbocycles. The Kier molecular flexibility index (Phi) is 9.06. The highest BCUT2D eigenvalue weighted by Gasteiger charge is 2.48. The van der Waals surface area contributed by atoms with Crippen molar-refractivity contribution in [1.82, 2.24) is 0 Å². The monoisotopic (exact) mass is 891 g/mol. The second kappa shape index (κ2) is 15.8. The molecular formula is C68H45NO. The molecule has 2 nitrogen and oxygen atoms in total. The number of fused-ring (bicyclic) bond motifs is 9. The maximum Gasteiger partial charge on any atom is 0.135 e. The molecule has 0 bridgehead atoms. The van der Waals surface area contributed by atoms with Crippen molar-refractivity contribution in [3.63, 3.8) is 0 Å². The molecular weight excluding hydrogens is 847 g/mol. The lowest BCUT2D eigenvalue weighted by atomic mass is 9.67. The van der Waals surface area contributed by atoms with E-state index in [1.807, 2.05) is 12.1 Å². The van der Waals surface area contributed by atoms with Crippen LogP contribution in [0, 0.1) is 0 Å². The summed E-state index contributed by atoms with van der Waals surface area (Å²) in [7, 11) is 0. The van der Waals surface area contributed by atoms with Gasteiger partial charge in [0, 0.05) is 27.8 Å². The van der Waals surface area contributed by atoms with Gasteiger partial charge in [0.2, 0.25) is 0 Å². The number of hydrogen-bond acceptors (Lipinski definition) is 2. The number of furan rings is 1. The lowest BCUT2D eigenvalue weighted by Crippen LogP contribution is -2.29. The van der Waals surface area contributed by atoms with Gasteiger partial charge in [-0.25, -0.2) is 0 Å². The number of rotatable bonds is 8. The van der Waals surface area contributed by atoms with Gasteiger partial charge in [-0.3, -0.25) is 0 Å². The summed E-state index contributed by atoms with van der Waals surface area (Å²) in [5, 5.41) is 2.25. The third-order valence-corrected chi connectivity index (χ3v) is 15.2. The number of nitrogens with zero attached hydrogens (tertiary/aromatic N) is 1. The third-order valence-electron chi connectivity index (χ3n) is 15.2. The minimum absolute atomic E-state index is 0.550. The predicted molar refractivity (Wildman–Crippen MR) is 288 cm³/mol. The van der Waals surface area contributed by atoms with Crippen molar-refractivity contribution in [3.05, 3.63) is 317 Å². The van der Waals surface area contributed by atoms with Crippen LogP contribution in [0.2, 0.25) is 0 Å². The van der Waals surface area contributed by atoms with Gasteiger partial charge in [0.15, 0.2) is 0 Å². The van der Waals surface area contributed by atoms with E-state index in [1.165, 1.54) is 66.8 Å². The van der Waals surface area contributed by atoms with Gasteiger partial charge < -0.3 is 9.32 Å². The van der Waals surface area contributed by atoms with E-state index in [9.17, 15) is 0 Å². The molecule has 0 atom stereocenters. The van der Waals surface area contributed by atoms with E-state index in [0.717, 1.165) is 50.1 Å². The fraction of sp³-hybridized carbons (Fsp3) is 0.0294. The Morgan fingerprint density at radius 3 is 1.14 bits per heavy atom. The van der Waals surface area contributed by atoms with Crippen LogP contribution in [-0.4, -0.2) is 0 Å². The first-order valence-corrected chi connectivity index (χ1v) is 24.2. The molecule has 2 heteroatoms. The maximum absolute atomic E-state index is 6.23. The predicted octanol–water partition coefficient (Wildman–Crippen LogP) is 17.4. The minimum atomic E-state index is -0.550. The van der Waals surface area contributed by atoms with Gasteiger partial charge in [0.05, 0.1) is 10.8 Å². The number of hydrogen-bond donors (Lipinski definition) is 0. The van der Waals surface area contributed by atoms with Crippen LogP contribution in [0.1, 0.15) is 44.5 Å². The van der Waals surface area contributed by atoms with Crippen LogP contribution < -0.4 is 4.90 Å². The number of anilines is 3. The standard InChI is InChI=1S/C68H45NO/c1-5-19-48(20-6-1)67(49-21-7-2-8-22-49)61-30-16-13-27-55(61)57-40-38-53(44-63(57)67)69(52-36-33-46(34-37-52)47-35-42-66-60(43-47)59-29-15-18-32-65(59)70-66)54-39-41-58-56-28-14-17-31-62(56)68(64(58)45-54,50-23-9-3-10-24-50)51-25-11-4-12-26-51/h1-45H. The first-order valence-electron chi connectivity index (χ1n) is 24.2. The maximum atomic E-state index is 6.23. The molecule has 0 fully saturated rings. The van der Waals surface area contributed by atoms with E-state index in [4.69, 9.17) is 4.42 Å². The number of para-hydroxylation sites is 1. The Hall–Kier alpha value is -8.98. The van der Waals surface area contributed by atoms with Gasteiger partial charge in [0.25, 0.3) is 0 Å². The summed E-state index contributed by atoms with van der Waals surface area (Å²) in [5.41, 5.74) is 21.4. The molecule has 70 heavy (non-hydrogen) atoms. The third kappa shape index (κ3) is 5.80. The van der Waals surface area contributed by atoms with Crippen LogP contribution in [0.5, 0.6) is 0 Å². The van der Waals surface area contributed by atoms with Gasteiger partial charge in [-0.2, -0.15) is 0 Å². The summed E-state index contributed by atoms with van der Waals surface area (Å²) in [5.74, 6) is 0. The van der Waals surface area contributed by atoms with Crippen LogP contribution in [0.3, 0.4) is 0 Å². The normalized spacial score (nSPS) is 13.7. The Morgan fingerprint density at radius 2 is 0.643 bits per heavy atom. The molecule has 0 radical (unpaired) electrons. The lowest BCUT2D eigenvalue weighted by Gasteiger charge is -2.36. The molecule has 1 aromatic heterocycles. The molecule has 0 amide bonds. The van der Waals surface area contributed by atoms with Crippen molar-refractivity contribution in [2.45, 2.75) is 10.8 Å². The summed E-state index contributed by atoms with van der Waals surface area (Å²) in [6.07, 6.45) is 0. The van der Waals surface area contributed by atoms with E-state index < -0.39 is 10.8 Å². The van der Waals surface area contributed by atoms with Crippen LogP contribution in [0.25, 0.3) is 55.3 Å².